The molecule has 1 aliphatic heterocycles. The lowest BCUT2D eigenvalue weighted by molar-refractivity contribution is 0.216. The maximum Gasteiger partial charge on any atom is 0.373 e. The molecule has 0 aliphatic carbocycles. The quantitative estimate of drug-likeness (QED) is 0.245. The second-order valence-electron chi connectivity index (χ2n) is 5.63. The zero-order valence-corrected chi connectivity index (χ0v) is 16.5. The van der Waals surface area contributed by atoms with Gasteiger partial charge < -0.3 is 13.9 Å². The molecule has 2 atom stereocenters. The Morgan fingerprint density at radius 3 is 2.28 bits per heavy atom. The lowest BCUT2D eigenvalue weighted by Gasteiger charge is -2.22. The Hall–Kier alpha value is -1.03. The van der Waals surface area contributed by atoms with E-state index in [0.717, 1.165) is 11.3 Å². The summed E-state index contributed by atoms with van der Waals surface area (Å²) in [7, 11) is -3.60. The molecule has 0 N–H and O–H groups in total. The van der Waals surface area contributed by atoms with E-state index in [0.29, 0.717) is 5.02 Å². The van der Waals surface area contributed by atoms with Crippen LogP contribution in [-0.4, -0.2) is 18.0 Å². The van der Waals surface area contributed by atoms with Gasteiger partial charge in [-0.2, -0.15) is 0 Å². The molecule has 1 fully saturated rings. The monoisotopic (exact) mass is 399 g/mol. The van der Waals surface area contributed by atoms with Gasteiger partial charge in [-0.05, 0) is 43.7 Å². The number of halogens is 2. The second kappa shape index (κ2) is 7.30. The molecule has 1 aliphatic rings. The molecule has 25 heavy (non-hydrogen) atoms. The Kier molecular flexibility index (Phi) is 5.48. The molecule has 4 nitrogen and oxygen atoms in total. The fourth-order valence-corrected chi connectivity index (χ4v) is 6.03. The Balaban J connectivity index is 2.09. The summed E-state index contributed by atoms with van der Waals surface area (Å²) in [6, 6.07) is 16.6. The summed E-state index contributed by atoms with van der Waals surface area (Å²) in [5.74, 6) is 0. The van der Waals surface area contributed by atoms with E-state index in [1.165, 1.54) is 0 Å². The van der Waals surface area contributed by atoms with Gasteiger partial charge in [-0.25, -0.2) is 0 Å². The van der Waals surface area contributed by atoms with Gasteiger partial charge in [0.25, 0.3) is 0 Å². The van der Waals surface area contributed by atoms with Gasteiger partial charge in [0, 0.05) is 10.7 Å². The summed E-state index contributed by atoms with van der Waals surface area (Å²) in [4.78, 5) is 1.87. The third-order valence-corrected chi connectivity index (χ3v) is 7.73. The fraction of sp³-hybridized carbons (Fsp3) is 0.333. The minimum atomic E-state index is -3.60. The van der Waals surface area contributed by atoms with E-state index in [-0.39, 0.29) is 19.3 Å². The van der Waals surface area contributed by atoms with E-state index < -0.39 is 12.3 Å². The molecule has 1 saturated heterocycles. The highest BCUT2D eigenvalue weighted by Crippen LogP contribution is 2.79. The van der Waals surface area contributed by atoms with Crippen molar-refractivity contribution in [2.24, 2.45) is 0 Å². The van der Waals surface area contributed by atoms with Crippen LogP contribution >= 0.6 is 30.8 Å². The zero-order valence-electron chi connectivity index (χ0n) is 14.1. The van der Waals surface area contributed by atoms with Gasteiger partial charge in [-0.15, -0.1) is 0 Å². The number of nitrogens with zero attached hydrogens (tertiary/aromatic N) is 1. The van der Waals surface area contributed by atoms with Gasteiger partial charge in [-0.3, -0.25) is 4.57 Å². The van der Waals surface area contributed by atoms with Crippen LogP contribution in [0.25, 0.3) is 0 Å². The average molecular weight is 400 g/mol. The minimum absolute atomic E-state index is 0.247. The predicted molar refractivity (Wildman–Crippen MR) is 103 cm³/mol. The summed E-state index contributed by atoms with van der Waals surface area (Å²) in [5, 5.41) is 0.596. The van der Waals surface area contributed by atoms with Crippen molar-refractivity contribution in [3.8, 4) is 0 Å². The van der Waals surface area contributed by atoms with Gasteiger partial charge in [0.2, 0.25) is 4.74 Å². The molecule has 0 bridgehead atoms. The molecule has 0 radical (unpaired) electrons. The maximum absolute atomic E-state index is 13.5. The highest BCUT2D eigenvalue weighted by Gasteiger charge is 2.75. The summed E-state index contributed by atoms with van der Waals surface area (Å²) in [5.41, 5.74) is 1.72. The minimum Gasteiger partial charge on any atom is -0.329 e. The average Bonchev–Trinajstić information content (AvgIpc) is 3.24. The Bertz CT molecular complexity index is 779. The first-order valence-electron chi connectivity index (χ1n) is 8.16. The smallest absolute Gasteiger partial charge is 0.329 e. The van der Waals surface area contributed by atoms with Crippen molar-refractivity contribution in [2.75, 3.05) is 18.1 Å². The molecule has 134 valence electrons. The molecule has 2 unspecified atom stereocenters. The predicted octanol–water partition coefficient (Wildman–Crippen LogP) is 6.06. The van der Waals surface area contributed by atoms with E-state index in [1.54, 1.807) is 19.9 Å². The topological polar surface area (TPSA) is 38.5 Å². The number of para-hydroxylation sites is 1. The van der Waals surface area contributed by atoms with Crippen LogP contribution in [0.2, 0.25) is 5.02 Å². The van der Waals surface area contributed by atoms with Crippen LogP contribution in [0.1, 0.15) is 25.5 Å². The molecule has 3 rings (SSSR count). The van der Waals surface area contributed by atoms with Crippen LogP contribution < -0.4 is 4.90 Å². The van der Waals surface area contributed by atoms with Crippen molar-refractivity contribution in [1.82, 2.24) is 0 Å². The largest absolute Gasteiger partial charge is 0.373 e. The van der Waals surface area contributed by atoms with E-state index >= 15 is 0 Å². The van der Waals surface area contributed by atoms with Crippen molar-refractivity contribution in [2.45, 2.75) is 24.6 Å². The fourth-order valence-electron chi connectivity index (χ4n) is 3.05. The van der Waals surface area contributed by atoms with Crippen LogP contribution in [0.5, 0.6) is 0 Å². The van der Waals surface area contributed by atoms with Gasteiger partial charge in [0.1, 0.15) is 6.04 Å². The normalized spacial score (nSPS) is 22.9. The maximum atomic E-state index is 13.5. The molecule has 2 aromatic rings. The Morgan fingerprint density at radius 2 is 1.72 bits per heavy atom. The van der Waals surface area contributed by atoms with Crippen molar-refractivity contribution in [3.05, 3.63) is 65.2 Å². The van der Waals surface area contributed by atoms with Crippen molar-refractivity contribution in [1.29, 1.82) is 0 Å². The standard InChI is InChI=1S/C18H20Cl2NO3P/c1-3-23-25(22,24-4-2)18(20)17(14-9-8-10-15(19)13-14)21(18)16-11-6-5-7-12-16/h5-13,17H,3-4H2,1-2H3. The third-order valence-electron chi connectivity index (χ3n) is 4.06. The number of hydrogen-bond acceptors (Lipinski definition) is 4. The number of hydrogen-bond donors (Lipinski definition) is 0. The molecule has 2 aromatic carbocycles. The molecular formula is C18H20Cl2NO3P. The Labute approximate surface area is 158 Å². The molecule has 7 heteroatoms. The van der Waals surface area contributed by atoms with Gasteiger partial charge in [0.15, 0.2) is 0 Å². The van der Waals surface area contributed by atoms with Crippen molar-refractivity contribution < 1.29 is 13.6 Å². The zero-order chi connectivity index (χ0) is 18.1. The first kappa shape index (κ1) is 18.8. The number of alkyl halides is 1. The molecule has 1 heterocycles. The summed E-state index contributed by atoms with van der Waals surface area (Å²) in [6.45, 7) is 4.04. The number of benzene rings is 2. The first-order chi connectivity index (χ1) is 12.0. The van der Waals surface area contributed by atoms with Crippen LogP contribution in [-0.2, 0) is 13.6 Å². The Morgan fingerprint density at radius 1 is 1.08 bits per heavy atom. The lowest BCUT2D eigenvalue weighted by Crippen LogP contribution is -2.16. The molecular weight excluding hydrogens is 380 g/mol. The summed E-state index contributed by atoms with van der Waals surface area (Å²) < 4.78 is 23.3. The number of rotatable bonds is 7. The molecule has 0 aromatic heterocycles. The second-order valence-corrected chi connectivity index (χ2v) is 9.10. The van der Waals surface area contributed by atoms with E-state index in [9.17, 15) is 4.57 Å². The van der Waals surface area contributed by atoms with Crippen molar-refractivity contribution in [3.63, 3.8) is 0 Å². The van der Waals surface area contributed by atoms with Crippen LogP contribution in [0.4, 0.5) is 5.69 Å². The van der Waals surface area contributed by atoms with Crippen LogP contribution in [0.15, 0.2) is 54.6 Å². The summed E-state index contributed by atoms with van der Waals surface area (Å²) >= 11 is 13.1. The van der Waals surface area contributed by atoms with Gasteiger partial charge in [-0.1, -0.05) is 53.5 Å². The molecule has 0 saturated carbocycles. The van der Waals surface area contributed by atoms with Crippen LogP contribution in [0.3, 0.4) is 0 Å². The highest BCUT2D eigenvalue weighted by molar-refractivity contribution is 7.58. The van der Waals surface area contributed by atoms with E-state index in [2.05, 4.69) is 0 Å². The lowest BCUT2D eigenvalue weighted by atomic mass is 10.1. The van der Waals surface area contributed by atoms with E-state index in [1.807, 2.05) is 53.4 Å². The first-order valence-corrected chi connectivity index (χ1v) is 10.5. The molecule has 0 amide bonds. The van der Waals surface area contributed by atoms with Crippen LogP contribution in [0, 0.1) is 0 Å². The van der Waals surface area contributed by atoms with Gasteiger partial charge >= 0.3 is 7.60 Å². The number of anilines is 1. The summed E-state index contributed by atoms with van der Waals surface area (Å²) in [6.07, 6.45) is 0. The molecule has 0 spiro atoms. The van der Waals surface area contributed by atoms with Gasteiger partial charge in [0.05, 0.1) is 13.2 Å². The van der Waals surface area contributed by atoms with E-state index in [4.69, 9.17) is 32.2 Å². The SMILES string of the molecule is CCOP(=O)(OCC)C1(Cl)C(c2cccc(Cl)c2)N1c1ccccc1. The van der Waals surface area contributed by atoms with Crippen molar-refractivity contribution >= 4 is 36.5 Å². The highest BCUT2D eigenvalue weighted by atomic mass is 35.5. The third kappa shape index (κ3) is 3.22.